The van der Waals surface area contributed by atoms with E-state index in [-0.39, 0.29) is 29.9 Å². The van der Waals surface area contributed by atoms with Crippen LogP contribution in [0.1, 0.15) is 122 Å². The summed E-state index contributed by atoms with van der Waals surface area (Å²) in [5.41, 5.74) is 2.63. The topological polar surface area (TPSA) is 134 Å². The van der Waals surface area contributed by atoms with Gasteiger partial charge in [-0.15, -0.1) is 0 Å². The second kappa shape index (κ2) is 13.3. The second-order valence-corrected chi connectivity index (χ2v) is 12.6. The Bertz CT molecular complexity index is 1420. The number of likely N-dealkylation sites (tertiary alicyclic amines) is 1. The molecule has 1 aromatic carbocycles. The molecular weight excluding hydrogens is 560 g/mol. The maximum atomic E-state index is 13.0. The molecule has 1 unspecified atom stereocenters. The number of carbonyl (C=O) groups is 5. The van der Waals surface area contributed by atoms with Gasteiger partial charge in [-0.25, -0.2) is 0 Å². The molecule has 0 spiro atoms. The Balaban J connectivity index is 0.891. The normalized spacial score (nSPS) is 21.5. The molecule has 2 saturated heterocycles. The van der Waals surface area contributed by atoms with Gasteiger partial charge in [-0.2, -0.15) is 5.10 Å². The summed E-state index contributed by atoms with van der Waals surface area (Å²) >= 11 is 0. The minimum atomic E-state index is -0.971. The predicted octanol–water partition coefficient (Wildman–Crippen LogP) is 4.17. The van der Waals surface area contributed by atoms with Crippen molar-refractivity contribution in [3.8, 4) is 0 Å². The molecule has 3 fully saturated rings. The van der Waals surface area contributed by atoms with Gasteiger partial charge in [0.25, 0.3) is 11.8 Å². The Morgan fingerprint density at radius 1 is 0.909 bits per heavy atom. The lowest BCUT2D eigenvalue weighted by atomic mass is 9.85. The summed E-state index contributed by atoms with van der Waals surface area (Å²) in [5, 5.41) is 10.2. The summed E-state index contributed by atoms with van der Waals surface area (Å²) < 4.78 is 2.14. The number of amides is 5. The quantitative estimate of drug-likeness (QED) is 0.308. The monoisotopic (exact) mass is 602 g/mol. The standard InChI is InChI=1S/C33H42N6O5/c40-29-13-12-28(31(42)36-29)39-32(43)26-11-10-24(19-27(26)33(39)44)34-16-6-2-5-9-30(41)37-17-14-25(15-18-37)38-21-23(20-35-38)22-7-3-1-4-8-22/h10-11,19-22,25,28,34H,1-9,12-18H2,(H,36,40,42). The molecule has 1 saturated carbocycles. The molecule has 1 aromatic heterocycles. The van der Waals surface area contributed by atoms with Gasteiger partial charge in [-0.3, -0.25) is 38.9 Å². The van der Waals surface area contributed by atoms with Gasteiger partial charge >= 0.3 is 0 Å². The van der Waals surface area contributed by atoms with Crippen LogP contribution in [0, 0.1) is 0 Å². The van der Waals surface area contributed by atoms with Crippen LogP contribution in [0.3, 0.4) is 0 Å². The zero-order chi connectivity index (χ0) is 30.6. The number of benzene rings is 1. The van der Waals surface area contributed by atoms with E-state index < -0.39 is 29.7 Å². The zero-order valence-corrected chi connectivity index (χ0v) is 25.3. The first-order valence-corrected chi connectivity index (χ1v) is 16.3. The highest BCUT2D eigenvalue weighted by Crippen LogP contribution is 2.34. The van der Waals surface area contributed by atoms with Crippen LogP contribution in [-0.4, -0.2) is 74.8 Å². The van der Waals surface area contributed by atoms with E-state index >= 15 is 0 Å². The van der Waals surface area contributed by atoms with Gasteiger partial charge < -0.3 is 10.2 Å². The molecule has 11 heteroatoms. The van der Waals surface area contributed by atoms with Gasteiger partial charge in [-0.1, -0.05) is 25.7 Å². The first-order valence-electron chi connectivity index (χ1n) is 16.3. The molecule has 2 N–H and O–H groups in total. The molecule has 44 heavy (non-hydrogen) atoms. The SMILES string of the molecule is O=C1CCC(N2C(=O)c3ccc(NCCCCCC(=O)N4CCC(n5cc(C6CCCCC6)cn5)CC4)cc3C2=O)C(=O)N1. The van der Waals surface area contributed by atoms with Crippen molar-refractivity contribution in [2.75, 3.05) is 25.0 Å². The molecule has 1 aliphatic carbocycles. The van der Waals surface area contributed by atoms with E-state index in [0.29, 0.717) is 24.9 Å². The van der Waals surface area contributed by atoms with Gasteiger partial charge in [-0.05, 0) is 74.6 Å². The van der Waals surface area contributed by atoms with Gasteiger partial charge in [0.1, 0.15) is 6.04 Å². The summed E-state index contributed by atoms with van der Waals surface area (Å²) in [6.07, 6.45) is 16.1. The number of nitrogens with zero attached hydrogens (tertiary/aromatic N) is 4. The Kier molecular flexibility index (Phi) is 9.09. The Morgan fingerprint density at radius 2 is 1.68 bits per heavy atom. The maximum absolute atomic E-state index is 13.0. The lowest BCUT2D eigenvalue weighted by Crippen LogP contribution is -2.54. The van der Waals surface area contributed by atoms with Crippen LogP contribution in [0.25, 0.3) is 0 Å². The van der Waals surface area contributed by atoms with Gasteiger partial charge in [0, 0.05) is 44.4 Å². The molecule has 6 rings (SSSR count). The van der Waals surface area contributed by atoms with E-state index in [0.717, 1.165) is 55.8 Å². The number of fused-ring (bicyclic) bond motifs is 1. The van der Waals surface area contributed by atoms with Crippen molar-refractivity contribution in [2.45, 2.75) is 101 Å². The number of anilines is 1. The summed E-state index contributed by atoms with van der Waals surface area (Å²) in [4.78, 5) is 65.4. The first-order chi connectivity index (χ1) is 21.4. The maximum Gasteiger partial charge on any atom is 0.262 e. The summed E-state index contributed by atoms with van der Waals surface area (Å²) in [6, 6.07) is 4.41. The fourth-order valence-corrected chi connectivity index (χ4v) is 7.13. The van der Waals surface area contributed by atoms with Crippen molar-refractivity contribution in [2.24, 2.45) is 0 Å². The lowest BCUT2D eigenvalue weighted by molar-refractivity contribution is -0.136. The number of hydrogen-bond donors (Lipinski definition) is 2. The number of unbranched alkanes of at least 4 members (excludes halogenated alkanes) is 2. The third-order valence-electron chi connectivity index (χ3n) is 9.73. The summed E-state index contributed by atoms with van der Waals surface area (Å²) in [5.74, 6) is -1.15. The summed E-state index contributed by atoms with van der Waals surface area (Å²) in [6.45, 7) is 2.23. The molecular formula is C33H42N6O5. The Morgan fingerprint density at radius 3 is 2.45 bits per heavy atom. The average molecular weight is 603 g/mol. The summed E-state index contributed by atoms with van der Waals surface area (Å²) in [7, 11) is 0. The number of hydrogen-bond acceptors (Lipinski definition) is 7. The van der Waals surface area contributed by atoms with Crippen LogP contribution in [0.2, 0.25) is 0 Å². The van der Waals surface area contributed by atoms with Crippen LogP contribution in [-0.2, 0) is 14.4 Å². The predicted molar refractivity (Wildman–Crippen MR) is 163 cm³/mol. The Labute approximate surface area is 257 Å². The third-order valence-corrected chi connectivity index (χ3v) is 9.73. The van der Waals surface area contributed by atoms with Crippen LogP contribution < -0.4 is 10.6 Å². The number of rotatable bonds is 10. The Hall–Kier alpha value is -4.02. The second-order valence-electron chi connectivity index (χ2n) is 12.6. The molecule has 11 nitrogen and oxygen atoms in total. The third kappa shape index (κ3) is 6.42. The molecule has 4 heterocycles. The molecule has 0 radical (unpaired) electrons. The fourth-order valence-electron chi connectivity index (χ4n) is 7.13. The molecule has 0 bridgehead atoms. The average Bonchev–Trinajstić information content (AvgIpc) is 3.63. The number of imide groups is 2. The van der Waals surface area contributed by atoms with Gasteiger partial charge in [0.15, 0.2) is 0 Å². The van der Waals surface area contributed by atoms with Crippen molar-refractivity contribution >= 4 is 35.2 Å². The highest BCUT2D eigenvalue weighted by atomic mass is 16.2. The van der Waals surface area contributed by atoms with Crippen molar-refractivity contribution < 1.29 is 24.0 Å². The van der Waals surface area contributed by atoms with Crippen molar-refractivity contribution in [1.82, 2.24) is 24.9 Å². The molecule has 2 aromatic rings. The van der Waals surface area contributed by atoms with E-state index in [2.05, 4.69) is 32.8 Å². The minimum Gasteiger partial charge on any atom is -0.385 e. The highest BCUT2D eigenvalue weighted by Gasteiger charge is 2.44. The first kappa shape index (κ1) is 30.0. The van der Waals surface area contributed by atoms with E-state index in [9.17, 15) is 24.0 Å². The largest absolute Gasteiger partial charge is 0.385 e. The van der Waals surface area contributed by atoms with E-state index in [1.165, 1.54) is 37.7 Å². The lowest BCUT2D eigenvalue weighted by Gasteiger charge is -2.32. The van der Waals surface area contributed by atoms with E-state index in [1.807, 2.05) is 4.90 Å². The number of aromatic nitrogens is 2. The fraction of sp³-hybridized carbons (Fsp3) is 0.576. The smallest absolute Gasteiger partial charge is 0.262 e. The molecule has 1 atom stereocenters. The van der Waals surface area contributed by atoms with Crippen molar-refractivity contribution in [3.05, 3.63) is 47.3 Å². The number of nitrogens with one attached hydrogen (secondary N) is 2. The van der Waals surface area contributed by atoms with Crippen LogP contribution in [0.4, 0.5) is 5.69 Å². The number of piperidine rings is 2. The van der Waals surface area contributed by atoms with E-state index in [1.54, 1.807) is 18.2 Å². The zero-order valence-electron chi connectivity index (χ0n) is 25.3. The molecule has 3 aliphatic heterocycles. The van der Waals surface area contributed by atoms with Crippen LogP contribution in [0.5, 0.6) is 0 Å². The highest BCUT2D eigenvalue weighted by molar-refractivity contribution is 6.23. The van der Waals surface area contributed by atoms with Crippen molar-refractivity contribution in [1.29, 1.82) is 0 Å². The molecule has 4 aliphatic rings. The van der Waals surface area contributed by atoms with E-state index in [4.69, 9.17) is 0 Å². The van der Waals surface area contributed by atoms with Crippen molar-refractivity contribution in [3.63, 3.8) is 0 Å². The molecule has 234 valence electrons. The van der Waals surface area contributed by atoms with Gasteiger partial charge in [0.2, 0.25) is 17.7 Å². The minimum absolute atomic E-state index is 0.0911. The molecule has 5 amide bonds. The van der Waals surface area contributed by atoms with Crippen LogP contribution >= 0.6 is 0 Å². The van der Waals surface area contributed by atoms with Crippen LogP contribution in [0.15, 0.2) is 30.6 Å². The number of carbonyl (C=O) groups excluding carboxylic acids is 5. The van der Waals surface area contributed by atoms with Gasteiger partial charge in [0.05, 0.1) is 23.4 Å².